The van der Waals surface area contributed by atoms with Crippen molar-refractivity contribution in [2.45, 2.75) is 51.4 Å². The number of rotatable bonds is 13. The summed E-state index contributed by atoms with van der Waals surface area (Å²) in [5.41, 5.74) is 0.639. The third-order valence-corrected chi connectivity index (χ3v) is 6.54. The molecule has 2 amide bonds. The lowest BCUT2D eigenvalue weighted by molar-refractivity contribution is -0.140. The first-order valence-corrected chi connectivity index (χ1v) is 12.1. The van der Waals surface area contributed by atoms with Crippen LogP contribution in [0.3, 0.4) is 0 Å². The molecule has 37 heavy (non-hydrogen) atoms. The van der Waals surface area contributed by atoms with Crippen LogP contribution in [-0.2, 0) is 9.59 Å². The standard InChI is InChI=1S/C25H29N7O5/c1-14(8-10-33)11-21(26-15(2)22-28-30-31-29-22)27-20(25(36)37)7-9-32-23(34)18-12-16-5-3-4-6-17(16)13-19(18)24(32)35/h3-6,10,12-15,20-21,26-27H,7-9,11H2,1-2H3,(H,36,37)(H,28,29,30,31)/t14?,15?,20-,21?/m1/s1. The number of tetrazole rings is 1. The number of nitrogens with zero attached hydrogens (tertiary/aromatic N) is 4. The molecule has 1 aliphatic rings. The van der Waals surface area contributed by atoms with E-state index in [1.165, 1.54) is 0 Å². The lowest BCUT2D eigenvalue weighted by atomic mass is 10.0. The zero-order valence-electron chi connectivity index (χ0n) is 20.5. The molecular weight excluding hydrogens is 478 g/mol. The summed E-state index contributed by atoms with van der Waals surface area (Å²) in [5, 5.41) is 31.6. The van der Waals surface area contributed by atoms with Gasteiger partial charge in [0.2, 0.25) is 0 Å². The normalized spacial score (nSPS) is 16.4. The average Bonchev–Trinajstić information content (AvgIpc) is 3.48. The van der Waals surface area contributed by atoms with E-state index in [4.69, 9.17) is 0 Å². The van der Waals surface area contributed by atoms with E-state index in [1.807, 2.05) is 38.1 Å². The average molecular weight is 508 g/mol. The third-order valence-electron chi connectivity index (χ3n) is 6.54. The molecule has 0 radical (unpaired) electrons. The van der Waals surface area contributed by atoms with E-state index in [-0.39, 0.29) is 24.9 Å². The molecule has 1 aromatic heterocycles. The molecule has 194 valence electrons. The molecule has 3 unspecified atom stereocenters. The number of fused-ring (bicyclic) bond motifs is 2. The van der Waals surface area contributed by atoms with Crippen molar-refractivity contribution in [1.29, 1.82) is 0 Å². The minimum atomic E-state index is -1.12. The molecule has 12 nitrogen and oxygen atoms in total. The molecule has 2 aromatic carbocycles. The zero-order valence-corrected chi connectivity index (χ0v) is 20.5. The highest BCUT2D eigenvalue weighted by Gasteiger charge is 2.36. The van der Waals surface area contributed by atoms with Crippen LogP contribution in [0.4, 0.5) is 0 Å². The Morgan fingerprint density at radius 2 is 1.76 bits per heavy atom. The fraction of sp³-hybridized carbons (Fsp3) is 0.400. The van der Waals surface area contributed by atoms with E-state index >= 15 is 0 Å². The van der Waals surface area contributed by atoms with Crippen molar-refractivity contribution in [3.05, 3.63) is 53.3 Å². The number of nitrogens with one attached hydrogen (secondary N) is 3. The molecule has 0 fully saturated rings. The van der Waals surface area contributed by atoms with Crippen LogP contribution >= 0.6 is 0 Å². The highest BCUT2D eigenvalue weighted by Crippen LogP contribution is 2.28. The van der Waals surface area contributed by atoms with Gasteiger partial charge in [-0.3, -0.25) is 29.9 Å². The number of carboxylic acid groups (broad SMARTS) is 1. The number of carboxylic acids is 1. The highest BCUT2D eigenvalue weighted by molar-refractivity contribution is 6.23. The summed E-state index contributed by atoms with van der Waals surface area (Å²) in [6.07, 6.45) is 1.08. The van der Waals surface area contributed by atoms with Gasteiger partial charge in [0.05, 0.1) is 23.3 Å². The number of hydrogen-bond acceptors (Lipinski definition) is 9. The van der Waals surface area contributed by atoms with Crippen molar-refractivity contribution in [3.8, 4) is 0 Å². The summed E-state index contributed by atoms with van der Waals surface area (Å²) in [6, 6.07) is 9.45. The van der Waals surface area contributed by atoms with Gasteiger partial charge in [-0.1, -0.05) is 31.2 Å². The van der Waals surface area contributed by atoms with Gasteiger partial charge in [-0.2, -0.15) is 0 Å². The second kappa shape index (κ2) is 11.4. The molecule has 4 N–H and O–H groups in total. The minimum absolute atomic E-state index is 0.00118. The molecule has 0 spiro atoms. The molecule has 2 heterocycles. The summed E-state index contributed by atoms with van der Waals surface area (Å²) < 4.78 is 0. The van der Waals surface area contributed by atoms with Crippen LogP contribution in [0, 0.1) is 5.92 Å². The summed E-state index contributed by atoms with van der Waals surface area (Å²) in [5.74, 6) is -1.54. The first-order chi connectivity index (χ1) is 17.8. The van der Waals surface area contributed by atoms with Crippen LogP contribution in [0.2, 0.25) is 0 Å². The first-order valence-electron chi connectivity index (χ1n) is 12.1. The number of amides is 2. The third kappa shape index (κ3) is 5.87. The smallest absolute Gasteiger partial charge is 0.320 e. The summed E-state index contributed by atoms with van der Waals surface area (Å²) in [6.45, 7) is 3.65. The lowest BCUT2D eigenvalue weighted by Crippen LogP contribution is -2.52. The Kier molecular flexibility index (Phi) is 7.99. The Hall–Kier alpha value is -4.03. The van der Waals surface area contributed by atoms with E-state index in [9.17, 15) is 24.3 Å². The number of aliphatic carboxylic acids is 1. The zero-order chi connectivity index (χ0) is 26.5. The number of hydrogen-bond donors (Lipinski definition) is 4. The second-order valence-electron chi connectivity index (χ2n) is 9.32. The van der Waals surface area contributed by atoms with Crippen LogP contribution in [0.1, 0.15) is 65.7 Å². The van der Waals surface area contributed by atoms with E-state index in [0.29, 0.717) is 29.8 Å². The number of aromatic amines is 1. The first kappa shape index (κ1) is 26.0. The number of aldehydes is 1. The van der Waals surface area contributed by atoms with E-state index < -0.39 is 30.0 Å². The molecule has 0 saturated carbocycles. The van der Waals surface area contributed by atoms with Crippen molar-refractivity contribution >= 4 is 34.8 Å². The van der Waals surface area contributed by atoms with E-state index in [2.05, 4.69) is 31.3 Å². The molecule has 0 bridgehead atoms. The summed E-state index contributed by atoms with van der Waals surface area (Å²) >= 11 is 0. The van der Waals surface area contributed by atoms with Gasteiger partial charge in [0, 0.05) is 13.0 Å². The predicted molar refractivity (Wildman–Crippen MR) is 132 cm³/mol. The van der Waals surface area contributed by atoms with Gasteiger partial charge < -0.3 is 9.90 Å². The van der Waals surface area contributed by atoms with Gasteiger partial charge in [-0.05, 0) is 59.0 Å². The molecule has 4 rings (SSSR count). The Balaban J connectivity index is 1.46. The van der Waals surface area contributed by atoms with Crippen molar-refractivity contribution in [1.82, 2.24) is 36.2 Å². The van der Waals surface area contributed by atoms with Crippen LogP contribution in [0.5, 0.6) is 0 Å². The quantitative estimate of drug-likeness (QED) is 0.152. The van der Waals surface area contributed by atoms with Gasteiger partial charge in [-0.15, -0.1) is 5.10 Å². The Bertz CT molecular complexity index is 1240. The number of carbonyl (C=O) groups excluding carboxylic acids is 3. The predicted octanol–water partition coefficient (Wildman–Crippen LogP) is 1.67. The maximum absolute atomic E-state index is 13.0. The SMILES string of the molecule is CC(CC=O)CC(NC(C)c1nnn[nH]1)N[C@H](CCN1C(=O)c2cc3ccccc3cc2C1=O)C(=O)O. The molecule has 3 aromatic rings. The Labute approximate surface area is 212 Å². The number of H-pyrrole nitrogens is 1. The van der Waals surface area contributed by atoms with Gasteiger partial charge in [-0.25, -0.2) is 5.10 Å². The Morgan fingerprint density at radius 3 is 2.30 bits per heavy atom. The van der Waals surface area contributed by atoms with E-state index in [0.717, 1.165) is 22.0 Å². The van der Waals surface area contributed by atoms with Crippen molar-refractivity contribution in [2.24, 2.45) is 5.92 Å². The number of carbonyl (C=O) groups is 4. The van der Waals surface area contributed by atoms with Gasteiger partial charge in [0.25, 0.3) is 11.8 Å². The van der Waals surface area contributed by atoms with E-state index in [1.54, 1.807) is 12.1 Å². The summed E-state index contributed by atoms with van der Waals surface area (Å²) in [7, 11) is 0. The maximum Gasteiger partial charge on any atom is 0.320 e. The largest absolute Gasteiger partial charge is 0.480 e. The topological polar surface area (TPSA) is 170 Å². The number of benzene rings is 2. The molecule has 0 aliphatic carbocycles. The van der Waals surface area contributed by atoms with Crippen molar-refractivity contribution in [3.63, 3.8) is 0 Å². The van der Waals surface area contributed by atoms with Crippen LogP contribution in [0.15, 0.2) is 36.4 Å². The van der Waals surface area contributed by atoms with Crippen LogP contribution in [0.25, 0.3) is 10.8 Å². The lowest BCUT2D eigenvalue weighted by Gasteiger charge is -2.29. The van der Waals surface area contributed by atoms with Gasteiger partial charge in [0.15, 0.2) is 5.82 Å². The monoisotopic (exact) mass is 507 g/mol. The molecule has 12 heteroatoms. The Morgan fingerprint density at radius 1 is 1.11 bits per heavy atom. The highest BCUT2D eigenvalue weighted by atomic mass is 16.4. The minimum Gasteiger partial charge on any atom is -0.480 e. The summed E-state index contributed by atoms with van der Waals surface area (Å²) in [4.78, 5) is 50.3. The van der Waals surface area contributed by atoms with Crippen LogP contribution in [-0.4, -0.2) is 73.5 Å². The molecule has 4 atom stereocenters. The van der Waals surface area contributed by atoms with Gasteiger partial charge in [0.1, 0.15) is 12.3 Å². The fourth-order valence-electron chi connectivity index (χ4n) is 4.54. The van der Waals surface area contributed by atoms with Crippen molar-refractivity contribution < 1.29 is 24.3 Å². The number of imide groups is 1. The fourth-order valence-corrected chi connectivity index (χ4v) is 4.54. The van der Waals surface area contributed by atoms with Crippen LogP contribution < -0.4 is 10.6 Å². The maximum atomic E-state index is 13.0. The van der Waals surface area contributed by atoms with Crippen molar-refractivity contribution in [2.75, 3.05) is 6.54 Å². The molecule has 1 aliphatic heterocycles. The second-order valence-corrected chi connectivity index (χ2v) is 9.32. The molecule has 0 saturated heterocycles. The number of aromatic nitrogens is 4. The van der Waals surface area contributed by atoms with Gasteiger partial charge >= 0.3 is 5.97 Å². The molecular formula is C25H29N7O5.